The third kappa shape index (κ3) is 4.99. The maximum absolute atomic E-state index is 12.2. The van der Waals surface area contributed by atoms with Crippen LogP contribution in [-0.2, 0) is 4.74 Å². The molecule has 1 aromatic rings. The molecule has 1 unspecified atom stereocenters. The van der Waals surface area contributed by atoms with Crippen LogP contribution in [0.1, 0.15) is 61.2 Å². The highest BCUT2D eigenvalue weighted by molar-refractivity contribution is 5.92. The van der Waals surface area contributed by atoms with Crippen LogP contribution in [0.3, 0.4) is 0 Å². The lowest BCUT2D eigenvalue weighted by atomic mass is 9.86. The molecule has 0 aromatic heterocycles. The largest absolute Gasteiger partial charge is 0.462 e. The molecule has 0 N–H and O–H groups in total. The quantitative estimate of drug-likeness (QED) is 0.735. The van der Waals surface area contributed by atoms with E-state index in [1.807, 2.05) is 32.9 Å². The average Bonchev–Trinajstić information content (AvgIpc) is 2.22. The predicted molar refractivity (Wildman–Crippen MR) is 84.2 cm³/mol. The van der Waals surface area contributed by atoms with E-state index in [1.54, 1.807) is 0 Å². The number of benzene rings is 1. The van der Waals surface area contributed by atoms with E-state index in [1.165, 1.54) is 5.56 Å². The zero-order chi connectivity index (χ0) is 15.5. The molecule has 1 atom stereocenters. The molecule has 0 aliphatic carbocycles. The van der Waals surface area contributed by atoms with Crippen LogP contribution in [0.2, 0.25) is 0 Å². The summed E-state index contributed by atoms with van der Waals surface area (Å²) in [6.45, 7) is 15.2. The van der Waals surface area contributed by atoms with E-state index in [2.05, 4.69) is 27.7 Å². The van der Waals surface area contributed by atoms with E-state index in [-0.39, 0.29) is 11.4 Å². The van der Waals surface area contributed by atoms with Crippen molar-refractivity contribution in [2.24, 2.45) is 11.3 Å². The molecule has 20 heavy (non-hydrogen) atoms. The smallest absolute Gasteiger partial charge is 0.338 e. The summed E-state index contributed by atoms with van der Waals surface area (Å²) in [5.41, 5.74) is 4.16. The maximum atomic E-state index is 12.2. The van der Waals surface area contributed by atoms with Gasteiger partial charge in [0.1, 0.15) is 0 Å². The van der Waals surface area contributed by atoms with E-state index in [9.17, 15) is 4.79 Å². The second kappa shape index (κ2) is 6.43. The van der Waals surface area contributed by atoms with E-state index in [4.69, 9.17) is 4.74 Å². The van der Waals surface area contributed by atoms with Crippen molar-refractivity contribution in [2.45, 2.75) is 54.9 Å². The number of esters is 1. The van der Waals surface area contributed by atoms with Crippen molar-refractivity contribution in [3.05, 3.63) is 34.4 Å². The number of ether oxygens (including phenoxy) is 1. The number of hydrogen-bond acceptors (Lipinski definition) is 2. The molecule has 0 bridgehead atoms. The van der Waals surface area contributed by atoms with Gasteiger partial charge in [-0.3, -0.25) is 0 Å². The van der Waals surface area contributed by atoms with Gasteiger partial charge in [0.2, 0.25) is 0 Å². The lowest BCUT2D eigenvalue weighted by Gasteiger charge is -2.23. The first-order valence-electron chi connectivity index (χ1n) is 7.35. The molecular formula is C18H28O2. The van der Waals surface area contributed by atoms with E-state index in [0.717, 1.165) is 23.1 Å². The zero-order valence-corrected chi connectivity index (χ0v) is 14.0. The van der Waals surface area contributed by atoms with E-state index < -0.39 is 0 Å². The Kier molecular flexibility index (Phi) is 5.38. The second-order valence-corrected chi connectivity index (χ2v) is 7.24. The molecular weight excluding hydrogens is 248 g/mol. The minimum atomic E-state index is -0.194. The van der Waals surface area contributed by atoms with Gasteiger partial charge in [0.15, 0.2) is 0 Å². The van der Waals surface area contributed by atoms with Gasteiger partial charge in [0.05, 0.1) is 12.2 Å². The van der Waals surface area contributed by atoms with Gasteiger partial charge >= 0.3 is 5.97 Å². The zero-order valence-electron chi connectivity index (χ0n) is 14.0. The van der Waals surface area contributed by atoms with Crippen LogP contribution in [0.15, 0.2) is 12.1 Å². The Morgan fingerprint density at radius 3 is 2.10 bits per heavy atom. The van der Waals surface area contributed by atoms with Crippen molar-refractivity contribution in [2.75, 3.05) is 6.61 Å². The number of hydrogen-bond donors (Lipinski definition) is 0. The van der Waals surface area contributed by atoms with E-state index >= 15 is 0 Å². The summed E-state index contributed by atoms with van der Waals surface area (Å²) >= 11 is 0. The van der Waals surface area contributed by atoms with Crippen molar-refractivity contribution >= 4 is 5.97 Å². The van der Waals surface area contributed by atoms with Gasteiger partial charge in [0, 0.05) is 0 Å². The molecule has 0 aliphatic rings. The van der Waals surface area contributed by atoms with Crippen molar-refractivity contribution in [1.82, 2.24) is 0 Å². The highest BCUT2D eigenvalue weighted by Crippen LogP contribution is 2.25. The Hall–Kier alpha value is -1.31. The average molecular weight is 276 g/mol. The summed E-state index contributed by atoms with van der Waals surface area (Å²) in [5, 5.41) is 0. The molecule has 2 nitrogen and oxygen atoms in total. The van der Waals surface area contributed by atoms with Crippen molar-refractivity contribution in [3.63, 3.8) is 0 Å². The Morgan fingerprint density at radius 1 is 1.15 bits per heavy atom. The molecule has 0 saturated heterocycles. The molecule has 0 heterocycles. The summed E-state index contributed by atoms with van der Waals surface area (Å²) < 4.78 is 5.50. The van der Waals surface area contributed by atoms with Crippen LogP contribution in [0.4, 0.5) is 0 Å². The Balaban J connectivity index is 2.69. The summed E-state index contributed by atoms with van der Waals surface area (Å²) in [6, 6.07) is 4.06. The van der Waals surface area contributed by atoms with Gasteiger partial charge in [-0.25, -0.2) is 4.79 Å². The van der Waals surface area contributed by atoms with Crippen LogP contribution in [0.5, 0.6) is 0 Å². The summed E-state index contributed by atoms with van der Waals surface area (Å²) in [5.74, 6) is 0.186. The molecule has 0 radical (unpaired) electrons. The van der Waals surface area contributed by atoms with Crippen LogP contribution < -0.4 is 0 Å². The van der Waals surface area contributed by atoms with Gasteiger partial charge in [-0.15, -0.1) is 0 Å². The number of aryl methyl sites for hydroxylation is 3. The minimum Gasteiger partial charge on any atom is -0.462 e. The molecule has 1 aromatic carbocycles. The number of carbonyl (C=O) groups is 1. The van der Waals surface area contributed by atoms with Crippen molar-refractivity contribution in [3.8, 4) is 0 Å². The minimum absolute atomic E-state index is 0.194. The van der Waals surface area contributed by atoms with Crippen LogP contribution in [0.25, 0.3) is 0 Å². The molecule has 0 fully saturated rings. The fourth-order valence-corrected chi connectivity index (χ4v) is 2.90. The monoisotopic (exact) mass is 276 g/mol. The lowest BCUT2D eigenvalue weighted by molar-refractivity contribution is 0.0419. The van der Waals surface area contributed by atoms with Crippen LogP contribution in [0, 0.1) is 32.1 Å². The molecule has 0 spiro atoms. The van der Waals surface area contributed by atoms with Gasteiger partial charge in [0.25, 0.3) is 0 Å². The Labute approximate surface area is 123 Å². The van der Waals surface area contributed by atoms with Gasteiger partial charge in [-0.2, -0.15) is 0 Å². The van der Waals surface area contributed by atoms with Gasteiger partial charge in [-0.05, 0) is 49.7 Å². The van der Waals surface area contributed by atoms with Crippen molar-refractivity contribution < 1.29 is 9.53 Å². The standard InChI is InChI=1S/C18H28O2/c1-12-8-14(3)16(15(4)9-12)17(19)20-11-13(2)10-18(5,6)7/h8-9,13H,10-11H2,1-7H3. The maximum Gasteiger partial charge on any atom is 0.338 e. The molecule has 2 heteroatoms. The Bertz CT molecular complexity index is 458. The van der Waals surface area contributed by atoms with Crippen molar-refractivity contribution in [1.29, 1.82) is 0 Å². The summed E-state index contributed by atoms with van der Waals surface area (Å²) in [7, 11) is 0. The molecule has 0 aliphatic heterocycles. The fourth-order valence-electron chi connectivity index (χ4n) is 2.90. The van der Waals surface area contributed by atoms with Gasteiger partial charge < -0.3 is 4.74 Å². The third-order valence-electron chi connectivity index (χ3n) is 3.34. The lowest BCUT2D eigenvalue weighted by Crippen LogP contribution is -2.18. The highest BCUT2D eigenvalue weighted by Gasteiger charge is 2.19. The van der Waals surface area contributed by atoms with Gasteiger partial charge in [-0.1, -0.05) is 45.4 Å². The molecule has 1 rings (SSSR count). The summed E-state index contributed by atoms with van der Waals surface area (Å²) in [4.78, 5) is 12.2. The summed E-state index contributed by atoms with van der Waals surface area (Å²) in [6.07, 6.45) is 1.05. The van der Waals surface area contributed by atoms with E-state index in [0.29, 0.717) is 12.5 Å². The molecule has 112 valence electrons. The topological polar surface area (TPSA) is 26.3 Å². The number of carbonyl (C=O) groups excluding carboxylic acids is 1. The SMILES string of the molecule is Cc1cc(C)c(C(=O)OCC(C)CC(C)(C)C)c(C)c1. The van der Waals surface area contributed by atoms with Crippen LogP contribution in [-0.4, -0.2) is 12.6 Å². The fraction of sp³-hybridized carbons (Fsp3) is 0.611. The Morgan fingerprint density at radius 2 is 1.65 bits per heavy atom. The molecule has 0 amide bonds. The van der Waals surface area contributed by atoms with Crippen LogP contribution >= 0.6 is 0 Å². The second-order valence-electron chi connectivity index (χ2n) is 7.24. The predicted octanol–water partition coefficient (Wildman–Crippen LogP) is 4.84. The first kappa shape index (κ1) is 16.7. The number of rotatable bonds is 4. The normalized spacial score (nSPS) is 13.2. The molecule has 0 saturated carbocycles. The highest BCUT2D eigenvalue weighted by atomic mass is 16.5. The first-order valence-corrected chi connectivity index (χ1v) is 7.35. The third-order valence-corrected chi connectivity index (χ3v) is 3.34. The first-order chi connectivity index (χ1) is 9.10.